The normalized spacial score (nSPS) is 12.6. The molecule has 0 heterocycles. The highest BCUT2D eigenvalue weighted by Crippen LogP contribution is 2.22. The first-order chi connectivity index (χ1) is 6.65. The number of aryl methyl sites for hydroxylation is 1. The fourth-order valence-corrected chi connectivity index (χ4v) is 1.24. The Morgan fingerprint density at radius 2 is 2.21 bits per heavy atom. The van der Waals surface area contributed by atoms with Crippen molar-refractivity contribution in [2.24, 2.45) is 0 Å². The fourth-order valence-electron chi connectivity index (χ4n) is 1.24. The Morgan fingerprint density at radius 1 is 1.50 bits per heavy atom. The second-order valence-electron chi connectivity index (χ2n) is 3.24. The maximum atomic E-state index is 11.9. The van der Waals surface area contributed by atoms with Crippen molar-refractivity contribution in [2.45, 2.75) is 20.0 Å². The third-order valence-corrected chi connectivity index (χ3v) is 2.02. The van der Waals surface area contributed by atoms with E-state index in [1.807, 2.05) is 13.0 Å². The van der Waals surface area contributed by atoms with Gasteiger partial charge in [-0.15, -0.1) is 0 Å². The smallest absolute Gasteiger partial charge is 0.123 e. The van der Waals surface area contributed by atoms with Gasteiger partial charge in [0.2, 0.25) is 0 Å². The number of ether oxygens (including phenoxy) is 1. The topological polar surface area (TPSA) is 29.5 Å². The summed E-state index contributed by atoms with van der Waals surface area (Å²) in [6.45, 7) is 3.17. The lowest BCUT2D eigenvalue weighted by molar-refractivity contribution is 0.199. The van der Waals surface area contributed by atoms with Gasteiger partial charge in [-0.1, -0.05) is 6.07 Å². The number of alkyl halides is 1. The van der Waals surface area contributed by atoms with Crippen molar-refractivity contribution in [1.82, 2.24) is 0 Å². The summed E-state index contributed by atoms with van der Waals surface area (Å²) in [5.41, 5.74) is 1.76. The van der Waals surface area contributed by atoms with Crippen molar-refractivity contribution in [2.75, 3.05) is 13.3 Å². The van der Waals surface area contributed by atoms with Crippen molar-refractivity contribution in [1.29, 1.82) is 0 Å². The zero-order valence-electron chi connectivity index (χ0n) is 8.46. The van der Waals surface area contributed by atoms with Crippen LogP contribution in [0.15, 0.2) is 18.2 Å². The minimum atomic E-state index is -0.488. The third-order valence-electron chi connectivity index (χ3n) is 2.02. The van der Waals surface area contributed by atoms with Crippen LogP contribution in [0.4, 0.5) is 4.39 Å². The number of aliphatic hydroxyl groups excluding tert-OH is 1. The van der Waals surface area contributed by atoms with E-state index in [1.54, 1.807) is 19.1 Å². The molecule has 0 aliphatic carbocycles. The molecule has 1 atom stereocenters. The average Bonchev–Trinajstić information content (AvgIpc) is 2.15. The van der Waals surface area contributed by atoms with Crippen molar-refractivity contribution in [3.8, 4) is 5.75 Å². The van der Waals surface area contributed by atoms with E-state index in [1.165, 1.54) is 0 Å². The molecule has 0 aromatic heterocycles. The van der Waals surface area contributed by atoms with Gasteiger partial charge in [0.1, 0.15) is 19.0 Å². The Balaban J connectivity index is 2.79. The number of aliphatic hydroxyl groups is 1. The van der Waals surface area contributed by atoms with E-state index in [2.05, 4.69) is 0 Å². The van der Waals surface area contributed by atoms with Crippen LogP contribution >= 0.6 is 0 Å². The molecule has 0 aliphatic rings. The van der Waals surface area contributed by atoms with Crippen LogP contribution in [0.3, 0.4) is 0 Å². The SMILES string of the molecule is Cc1cc([C@H](C)O)ccc1OCCF. The van der Waals surface area contributed by atoms with E-state index in [0.717, 1.165) is 11.1 Å². The second-order valence-corrected chi connectivity index (χ2v) is 3.24. The maximum Gasteiger partial charge on any atom is 0.123 e. The van der Waals surface area contributed by atoms with Crippen molar-refractivity contribution < 1.29 is 14.2 Å². The second kappa shape index (κ2) is 4.96. The molecule has 1 rings (SSSR count). The lowest BCUT2D eigenvalue weighted by Crippen LogP contribution is -2.01. The van der Waals surface area contributed by atoms with Crippen molar-refractivity contribution in [3.63, 3.8) is 0 Å². The van der Waals surface area contributed by atoms with Gasteiger partial charge in [-0.3, -0.25) is 0 Å². The van der Waals surface area contributed by atoms with Crippen LogP contribution in [-0.2, 0) is 0 Å². The molecule has 2 nitrogen and oxygen atoms in total. The van der Waals surface area contributed by atoms with Crippen LogP contribution in [0.1, 0.15) is 24.2 Å². The molecule has 0 amide bonds. The molecule has 0 bridgehead atoms. The third kappa shape index (κ3) is 2.70. The van der Waals surface area contributed by atoms with Gasteiger partial charge in [-0.05, 0) is 37.1 Å². The summed E-state index contributed by atoms with van der Waals surface area (Å²) < 4.78 is 17.0. The predicted molar refractivity (Wildman–Crippen MR) is 53.3 cm³/mol. The molecular weight excluding hydrogens is 183 g/mol. The Labute approximate surface area is 83.3 Å². The van der Waals surface area contributed by atoms with Gasteiger partial charge in [0.15, 0.2) is 0 Å². The molecule has 0 unspecified atom stereocenters. The minimum absolute atomic E-state index is 0.0782. The first-order valence-corrected chi connectivity index (χ1v) is 4.62. The Kier molecular flexibility index (Phi) is 3.89. The van der Waals surface area contributed by atoms with E-state index >= 15 is 0 Å². The Morgan fingerprint density at radius 3 is 2.71 bits per heavy atom. The zero-order valence-corrected chi connectivity index (χ0v) is 8.46. The van der Waals surface area contributed by atoms with Crippen LogP contribution in [0.25, 0.3) is 0 Å². The highest BCUT2D eigenvalue weighted by molar-refractivity contribution is 5.36. The molecule has 0 aliphatic heterocycles. The summed E-state index contributed by atoms with van der Waals surface area (Å²) in [5, 5.41) is 9.31. The van der Waals surface area contributed by atoms with Crippen LogP contribution in [0.2, 0.25) is 0 Å². The van der Waals surface area contributed by atoms with E-state index in [9.17, 15) is 9.50 Å². The quantitative estimate of drug-likeness (QED) is 0.805. The summed E-state index contributed by atoms with van der Waals surface area (Å²) in [6, 6.07) is 5.39. The van der Waals surface area contributed by atoms with Gasteiger partial charge in [-0.2, -0.15) is 0 Å². The van der Waals surface area contributed by atoms with Gasteiger partial charge < -0.3 is 9.84 Å². The van der Waals surface area contributed by atoms with Crippen LogP contribution in [0, 0.1) is 6.92 Å². The van der Waals surface area contributed by atoms with Gasteiger partial charge >= 0.3 is 0 Å². The first-order valence-electron chi connectivity index (χ1n) is 4.62. The fraction of sp³-hybridized carbons (Fsp3) is 0.455. The number of rotatable bonds is 4. The molecule has 1 aromatic carbocycles. The molecule has 0 fully saturated rings. The van der Waals surface area contributed by atoms with Gasteiger partial charge in [0.05, 0.1) is 6.10 Å². The molecule has 1 aromatic rings. The zero-order chi connectivity index (χ0) is 10.6. The summed E-state index contributed by atoms with van der Waals surface area (Å²) in [5.74, 6) is 0.673. The lowest BCUT2D eigenvalue weighted by atomic mass is 10.1. The van der Waals surface area contributed by atoms with Gasteiger partial charge in [0.25, 0.3) is 0 Å². The molecule has 3 heteroatoms. The van der Waals surface area contributed by atoms with Crippen LogP contribution in [0.5, 0.6) is 5.75 Å². The van der Waals surface area contributed by atoms with E-state index < -0.39 is 12.8 Å². The molecule has 0 saturated heterocycles. The van der Waals surface area contributed by atoms with Crippen molar-refractivity contribution >= 4 is 0 Å². The summed E-state index contributed by atoms with van der Waals surface area (Å²) in [4.78, 5) is 0. The summed E-state index contributed by atoms with van der Waals surface area (Å²) >= 11 is 0. The number of halogens is 1. The molecule has 0 radical (unpaired) electrons. The number of hydrogen-bond acceptors (Lipinski definition) is 2. The lowest BCUT2D eigenvalue weighted by Gasteiger charge is -2.10. The molecule has 0 spiro atoms. The van der Waals surface area contributed by atoms with Crippen molar-refractivity contribution in [3.05, 3.63) is 29.3 Å². The minimum Gasteiger partial charge on any atom is -0.491 e. The largest absolute Gasteiger partial charge is 0.491 e. The molecule has 1 N–H and O–H groups in total. The standard InChI is InChI=1S/C11H15FO2/c1-8-7-10(9(2)13)3-4-11(8)14-6-5-12/h3-4,7,9,13H,5-6H2,1-2H3/t9-/m0/s1. The van der Waals surface area contributed by atoms with Gasteiger partial charge in [0, 0.05) is 0 Å². The predicted octanol–water partition coefficient (Wildman–Crippen LogP) is 2.40. The summed E-state index contributed by atoms with van der Waals surface area (Å²) in [7, 11) is 0. The van der Waals surface area contributed by atoms with E-state index in [-0.39, 0.29) is 6.61 Å². The van der Waals surface area contributed by atoms with E-state index in [0.29, 0.717) is 5.75 Å². The monoisotopic (exact) mass is 198 g/mol. The Hall–Kier alpha value is -1.09. The number of hydrogen-bond donors (Lipinski definition) is 1. The Bertz CT molecular complexity index is 297. The molecule has 14 heavy (non-hydrogen) atoms. The summed E-state index contributed by atoms with van der Waals surface area (Å²) in [6.07, 6.45) is -0.482. The van der Waals surface area contributed by atoms with Gasteiger partial charge in [-0.25, -0.2) is 4.39 Å². The highest BCUT2D eigenvalue weighted by Gasteiger charge is 2.04. The van der Waals surface area contributed by atoms with Crippen LogP contribution in [-0.4, -0.2) is 18.4 Å². The first kappa shape index (κ1) is 11.0. The maximum absolute atomic E-state index is 11.9. The molecule has 0 saturated carbocycles. The van der Waals surface area contributed by atoms with Crippen LogP contribution < -0.4 is 4.74 Å². The average molecular weight is 198 g/mol. The highest BCUT2D eigenvalue weighted by atomic mass is 19.1. The molecular formula is C11H15FO2. The van der Waals surface area contributed by atoms with E-state index in [4.69, 9.17) is 4.74 Å². The number of benzene rings is 1. The molecule has 78 valence electrons.